The van der Waals surface area contributed by atoms with Gasteiger partial charge in [-0.05, 0) is 35.7 Å². The van der Waals surface area contributed by atoms with Crippen molar-refractivity contribution in [2.24, 2.45) is 0 Å². The molecule has 0 unspecified atom stereocenters. The zero-order valence-electron chi connectivity index (χ0n) is 12.3. The maximum absolute atomic E-state index is 11.4. The molecule has 2 aromatic heterocycles. The number of methoxy groups -OCH3 is 2. The second kappa shape index (κ2) is 6.07. The van der Waals surface area contributed by atoms with Gasteiger partial charge in [-0.15, -0.1) is 11.3 Å². The molecule has 0 N–H and O–H groups in total. The zero-order chi connectivity index (χ0) is 15.5. The molecule has 4 nitrogen and oxygen atoms in total. The molecule has 0 saturated carbocycles. The molecule has 0 amide bonds. The molecular formula is C17H15NO3S. The lowest BCUT2D eigenvalue weighted by molar-refractivity contribution is 0.111. The summed E-state index contributed by atoms with van der Waals surface area (Å²) in [7, 11) is 3.09. The van der Waals surface area contributed by atoms with E-state index in [1.54, 1.807) is 24.5 Å². The fourth-order valence-electron chi connectivity index (χ4n) is 2.48. The number of hydrogen-bond donors (Lipinski definition) is 0. The predicted octanol–water partition coefficient (Wildman–Crippen LogP) is 4.04. The van der Waals surface area contributed by atoms with Crippen molar-refractivity contribution in [1.29, 1.82) is 0 Å². The summed E-state index contributed by atoms with van der Waals surface area (Å²) in [5.41, 5.74) is 2.27. The summed E-state index contributed by atoms with van der Waals surface area (Å²) < 4.78 is 12.7. The third-order valence-electron chi connectivity index (χ3n) is 3.46. The number of carbonyl (C=O) groups is 1. The molecule has 0 radical (unpaired) electrons. The first-order chi connectivity index (χ1) is 10.8. The van der Waals surface area contributed by atoms with E-state index in [0.29, 0.717) is 17.1 Å². The molecule has 0 spiro atoms. The van der Waals surface area contributed by atoms with E-state index in [2.05, 4.69) is 6.07 Å². The summed E-state index contributed by atoms with van der Waals surface area (Å²) >= 11 is 1.66. The topological polar surface area (TPSA) is 40.5 Å². The normalized spacial score (nSPS) is 10.5. The van der Waals surface area contributed by atoms with Crippen LogP contribution < -0.4 is 9.47 Å². The van der Waals surface area contributed by atoms with Crippen LogP contribution in [0.4, 0.5) is 0 Å². The van der Waals surface area contributed by atoms with Crippen LogP contribution in [0, 0.1) is 0 Å². The van der Waals surface area contributed by atoms with Gasteiger partial charge in [0, 0.05) is 6.20 Å². The molecule has 0 saturated heterocycles. The third-order valence-corrected chi connectivity index (χ3v) is 4.35. The molecular weight excluding hydrogens is 298 g/mol. The highest BCUT2D eigenvalue weighted by molar-refractivity contribution is 7.13. The number of aldehydes is 1. The van der Waals surface area contributed by atoms with Gasteiger partial charge in [-0.3, -0.25) is 4.79 Å². The lowest BCUT2D eigenvalue weighted by Crippen LogP contribution is -2.03. The monoisotopic (exact) mass is 313 g/mol. The van der Waals surface area contributed by atoms with Crippen molar-refractivity contribution in [3.05, 3.63) is 53.5 Å². The fourth-order valence-corrected chi connectivity index (χ4v) is 3.23. The van der Waals surface area contributed by atoms with Gasteiger partial charge in [0.05, 0.1) is 30.5 Å². The van der Waals surface area contributed by atoms with Crippen LogP contribution >= 0.6 is 11.3 Å². The number of nitrogens with zero attached hydrogens (tertiary/aromatic N) is 1. The van der Waals surface area contributed by atoms with E-state index in [1.807, 2.05) is 40.4 Å². The van der Waals surface area contributed by atoms with Crippen molar-refractivity contribution in [1.82, 2.24) is 4.57 Å². The van der Waals surface area contributed by atoms with Crippen molar-refractivity contribution in [2.75, 3.05) is 14.2 Å². The molecule has 0 aliphatic carbocycles. The molecule has 1 aromatic carbocycles. The Kier molecular flexibility index (Phi) is 3.98. The minimum atomic E-state index is 0.410. The molecule has 2 heterocycles. The molecule has 0 aliphatic rings. The van der Waals surface area contributed by atoms with Crippen molar-refractivity contribution < 1.29 is 14.3 Å². The third kappa shape index (κ3) is 2.29. The zero-order valence-corrected chi connectivity index (χ0v) is 13.1. The maximum Gasteiger partial charge on any atom is 0.157 e. The highest BCUT2D eigenvalue weighted by atomic mass is 32.1. The Morgan fingerprint density at radius 2 is 1.95 bits per heavy atom. The van der Waals surface area contributed by atoms with E-state index in [9.17, 15) is 4.79 Å². The molecule has 0 fully saturated rings. The first-order valence-corrected chi connectivity index (χ1v) is 7.60. The van der Waals surface area contributed by atoms with Crippen molar-refractivity contribution >= 4 is 17.6 Å². The average Bonchev–Trinajstić information content (AvgIpc) is 3.23. The fraction of sp³-hybridized carbons (Fsp3) is 0.118. The Morgan fingerprint density at radius 3 is 2.59 bits per heavy atom. The molecule has 3 rings (SSSR count). The molecule has 22 heavy (non-hydrogen) atoms. The van der Waals surface area contributed by atoms with E-state index in [-0.39, 0.29) is 0 Å². The highest BCUT2D eigenvalue weighted by Crippen LogP contribution is 2.36. The van der Waals surface area contributed by atoms with Gasteiger partial charge < -0.3 is 14.0 Å². The van der Waals surface area contributed by atoms with Gasteiger partial charge in [-0.2, -0.15) is 0 Å². The SMILES string of the molecule is COc1ccc(-n2cccc2-c2cccs2)c(OC)c1C=O. The Labute approximate surface area is 132 Å². The van der Waals surface area contributed by atoms with Gasteiger partial charge in [-0.1, -0.05) is 6.07 Å². The molecule has 0 aliphatic heterocycles. The van der Waals surface area contributed by atoms with Crippen molar-refractivity contribution in [2.45, 2.75) is 0 Å². The van der Waals surface area contributed by atoms with Crippen LogP contribution in [-0.4, -0.2) is 25.1 Å². The van der Waals surface area contributed by atoms with E-state index in [0.717, 1.165) is 22.5 Å². The van der Waals surface area contributed by atoms with E-state index in [4.69, 9.17) is 9.47 Å². The second-order valence-electron chi connectivity index (χ2n) is 4.59. The summed E-state index contributed by atoms with van der Waals surface area (Å²) in [6.45, 7) is 0. The number of benzene rings is 1. The number of carbonyl (C=O) groups excluding carboxylic acids is 1. The standard InChI is InChI=1S/C17H15NO3S/c1-20-15-8-7-14(17(21-2)12(15)11-19)18-9-3-5-13(18)16-6-4-10-22-16/h3-11H,1-2H3. The summed E-state index contributed by atoms with van der Waals surface area (Å²) in [5, 5.41) is 2.04. The summed E-state index contributed by atoms with van der Waals surface area (Å²) in [4.78, 5) is 12.6. The van der Waals surface area contributed by atoms with Crippen LogP contribution in [0.2, 0.25) is 0 Å². The van der Waals surface area contributed by atoms with Gasteiger partial charge in [0.1, 0.15) is 11.3 Å². The van der Waals surface area contributed by atoms with Crippen molar-refractivity contribution in [3.8, 4) is 27.8 Å². The predicted molar refractivity (Wildman–Crippen MR) is 87.6 cm³/mol. The lowest BCUT2D eigenvalue weighted by Gasteiger charge is -2.16. The first-order valence-electron chi connectivity index (χ1n) is 6.72. The van der Waals surface area contributed by atoms with Gasteiger partial charge in [0.25, 0.3) is 0 Å². The molecule has 0 bridgehead atoms. The average molecular weight is 313 g/mol. The quantitative estimate of drug-likeness (QED) is 0.668. The van der Waals surface area contributed by atoms with Crippen LogP contribution in [0.25, 0.3) is 16.3 Å². The smallest absolute Gasteiger partial charge is 0.157 e. The Morgan fingerprint density at radius 1 is 1.09 bits per heavy atom. The number of rotatable bonds is 5. The van der Waals surface area contributed by atoms with E-state index < -0.39 is 0 Å². The van der Waals surface area contributed by atoms with Crippen molar-refractivity contribution in [3.63, 3.8) is 0 Å². The molecule has 0 atom stereocenters. The summed E-state index contributed by atoms with van der Waals surface area (Å²) in [5.74, 6) is 1.00. The largest absolute Gasteiger partial charge is 0.496 e. The van der Waals surface area contributed by atoms with Crippen LogP contribution in [-0.2, 0) is 0 Å². The lowest BCUT2D eigenvalue weighted by atomic mass is 10.1. The second-order valence-corrected chi connectivity index (χ2v) is 5.54. The summed E-state index contributed by atoms with van der Waals surface area (Å²) in [6, 6.07) is 11.8. The summed E-state index contributed by atoms with van der Waals surface area (Å²) in [6.07, 6.45) is 2.71. The Balaban J connectivity index is 2.22. The number of ether oxygens (including phenoxy) is 2. The highest BCUT2D eigenvalue weighted by Gasteiger charge is 2.17. The minimum absolute atomic E-state index is 0.410. The van der Waals surface area contributed by atoms with Gasteiger partial charge in [0.15, 0.2) is 12.0 Å². The Hall–Kier alpha value is -2.53. The molecule has 112 valence electrons. The number of aromatic nitrogens is 1. The Bertz CT molecular complexity index is 790. The van der Waals surface area contributed by atoms with Gasteiger partial charge in [0.2, 0.25) is 0 Å². The van der Waals surface area contributed by atoms with E-state index in [1.165, 1.54) is 7.11 Å². The van der Waals surface area contributed by atoms with Crippen LogP contribution in [0.1, 0.15) is 10.4 Å². The number of thiophene rings is 1. The van der Waals surface area contributed by atoms with E-state index >= 15 is 0 Å². The minimum Gasteiger partial charge on any atom is -0.496 e. The molecule has 5 heteroatoms. The number of hydrogen-bond acceptors (Lipinski definition) is 4. The van der Waals surface area contributed by atoms with Crippen LogP contribution in [0.3, 0.4) is 0 Å². The van der Waals surface area contributed by atoms with Crippen LogP contribution in [0.15, 0.2) is 48.0 Å². The first kappa shape index (κ1) is 14.4. The van der Waals surface area contributed by atoms with Gasteiger partial charge in [-0.25, -0.2) is 0 Å². The van der Waals surface area contributed by atoms with Gasteiger partial charge >= 0.3 is 0 Å². The molecule has 3 aromatic rings. The maximum atomic E-state index is 11.4. The van der Waals surface area contributed by atoms with Crippen LogP contribution in [0.5, 0.6) is 11.5 Å².